The predicted molar refractivity (Wildman–Crippen MR) is 57.8 cm³/mol. The molecular weight excluding hydrogens is 216 g/mol. The first-order valence-electron chi connectivity index (χ1n) is 4.86. The van der Waals surface area contributed by atoms with Crippen molar-refractivity contribution in [3.8, 4) is 0 Å². The van der Waals surface area contributed by atoms with Crippen molar-refractivity contribution in [3.63, 3.8) is 0 Å². The van der Waals surface area contributed by atoms with E-state index in [1.165, 1.54) is 12.8 Å². The summed E-state index contributed by atoms with van der Waals surface area (Å²) >= 11 is 3.54. The predicted octanol–water partition coefficient (Wildman–Crippen LogP) is 3.47. The van der Waals surface area contributed by atoms with Crippen LogP contribution in [0.25, 0.3) is 0 Å². The van der Waals surface area contributed by atoms with E-state index in [1.54, 1.807) is 0 Å². The zero-order valence-electron chi connectivity index (χ0n) is 8.48. The summed E-state index contributed by atoms with van der Waals surface area (Å²) in [6, 6.07) is 0. The van der Waals surface area contributed by atoms with E-state index in [9.17, 15) is 0 Å². The third-order valence-electron chi connectivity index (χ3n) is 2.21. The molecule has 74 valence electrons. The topological polar surface area (TPSA) is 9.23 Å². The normalized spacial score (nSPS) is 13.8. The maximum Gasteiger partial charge on any atom is 0.0466 e. The van der Waals surface area contributed by atoms with Crippen molar-refractivity contribution >= 4 is 15.9 Å². The number of rotatable bonds is 7. The summed E-state index contributed by atoms with van der Waals surface area (Å²) in [6.07, 6.45) is 2.48. The Morgan fingerprint density at radius 3 is 2.42 bits per heavy atom. The largest absolute Gasteiger partial charge is 0.382 e. The molecule has 1 nitrogen and oxygen atoms in total. The van der Waals surface area contributed by atoms with E-state index in [2.05, 4.69) is 29.8 Å². The second-order valence-corrected chi connectivity index (χ2v) is 4.15. The number of ether oxygens (including phenoxy) is 1. The van der Waals surface area contributed by atoms with E-state index in [1.807, 2.05) is 6.92 Å². The Kier molecular flexibility index (Phi) is 8.35. The van der Waals surface area contributed by atoms with E-state index >= 15 is 0 Å². The smallest absolute Gasteiger partial charge is 0.0466 e. The van der Waals surface area contributed by atoms with Crippen molar-refractivity contribution in [1.82, 2.24) is 0 Å². The van der Waals surface area contributed by atoms with Crippen LogP contribution in [0.4, 0.5) is 0 Å². The third kappa shape index (κ3) is 6.01. The van der Waals surface area contributed by atoms with E-state index in [0.717, 1.165) is 30.4 Å². The molecule has 0 fully saturated rings. The molecule has 1 unspecified atom stereocenters. The highest BCUT2D eigenvalue weighted by Crippen LogP contribution is 2.19. The summed E-state index contributed by atoms with van der Waals surface area (Å²) < 4.78 is 5.29. The molecule has 0 bridgehead atoms. The van der Waals surface area contributed by atoms with Crippen LogP contribution in [0, 0.1) is 11.8 Å². The molecule has 0 aromatic heterocycles. The fourth-order valence-corrected chi connectivity index (χ4v) is 2.25. The molecule has 0 N–H and O–H groups in total. The van der Waals surface area contributed by atoms with E-state index in [0.29, 0.717) is 0 Å². The summed E-state index contributed by atoms with van der Waals surface area (Å²) in [5, 5.41) is 1.12. The van der Waals surface area contributed by atoms with Crippen LogP contribution in [0.1, 0.15) is 33.6 Å². The van der Waals surface area contributed by atoms with Crippen LogP contribution in [0.2, 0.25) is 0 Å². The Morgan fingerprint density at radius 2 is 2.00 bits per heavy atom. The molecule has 0 amide bonds. The Morgan fingerprint density at radius 1 is 1.33 bits per heavy atom. The molecule has 0 saturated heterocycles. The van der Waals surface area contributed by atoms with Crippen LogP contribution in [-0.2, 0) is 4.74 Å². The van der Waals surface area contributed by atoms with Gasteiger partial charge in [-0.15, -0.1) is 0 Å². The van der Waals surface area contributed by atoms with Crippen molar-refractivity contribution in [3.05, 3.63) is 0 Å². The number of halogens is 1. The highest BCUT2D eigenvalue weighted by molar-refractivity contribution is 9.09. The van der Waals surface area contributed by atoms with Crippen molar-refractivity contribution in [2.45, 2.75) is 33.6 Å². The van der Waals surface area contributed by atoms with Gasteiger partial charge in [0.15, 0.2) is 0 Å². The molecule has 0 spiro atoms. The molecule has 0 aromatic rings. The van der Waals surface area contributed by atoms with Crippen molar-refractivity contribution < 1.29 is 4.74 Å². The highest BCUT2D eigenvalue weighted by atomic mass is 79.9. The van der Waals surface area contributed by atoms with Crippen molar-refractivity contribution in [2.75, 3.05) is 18.5 Å². The van der Waals surface area contributed by atoms with E-state index in [4.69, 9.17) is 4.74 Å². The molecule has 0 saturated carbocycles. The lowest BCUT2D eigenvalue weighted by molar-refractivity contribution is 0.138. The van der Waals surface area contributed by atoms with Gasteiger partial charge >= 0.3 is 0 Å². The SMILES string of the molecule is CCOCCCC(CBr)C(C)C. The summed E-state index contributed by atoms with van der Waals surface area (Å²) in [6.45, 7) is 8.39. The van der Waals surface area contributed by atoms with E-state index < -0.39 is 0 Å². The minimum Gasteiger partial charge on any atom is -0.382 e. The lowest BCUT2D eigenvalue weighted by Crippen LogP contribution is -2.11. The minimum absolute atomic E-state index is 0.783. The zero-order valence-corrected chi connectivity index (χ0v) is 10.1. The molecule has 2 heteroatoms. The van der Waals surface area contributed by atoms with Gasteiger partial charge in [-0.3, -0.25) is 0 Å². The van der Waals surface area contributed by atoms with Gasteiger partial charge < -0.3 is 4.74 Å². The molecular formula is C10H21BrO. The Hall–Kier alpha value is 0.440. The van der Waals surface area contributed by atoms with Crippen LogP contribution < -0.4 is 0 Å². The van der Waals surface area contributed by atoms with Gasteiger partial charge in [0.2, 0.25) is 0 Å². The van der Waals surface area contributed by atoms with Gasteiger partial charge in [0.05, 0.1) is 0 Å². The van der Waals surface area contributed by atoms with Gasteiger partial charge in [-0.1, -0.05) is 29.8 Å². The number of hydrogen-bond acceptors (Lipinski definition) is 1. The molecule has 0 aliphatic rings. The first-order chi connectivity index (χ1) is 5.72. The average molecular weight is 237 g/mol. The summed E-state index contributed by atoms with van der Waals surface area (Å²) in [7, 11) is 0. The molecule has 0 heterocycles. The third-order valence-corrected chi connectivity index (χ3v) is 3.04. The van der Waals surface area contributed by atoms with Crippen LogP contribution in [-0.4, -0.2) is 18.5 Å². The monoisotopic (exact) mass is 236 g/mol. The molecule has 0 aromatic carbocycles. The first-order valence-corrected chi connectivity index (χ1v) is 5.98. The van der Waals surface area contributed by atoms with Gasteiger partial charge in [-0.05, 0) is 31.6 Å². The Labute approximate surface area is 85.0 Å². The van der Waals surface area contributed by atoms with Crippen LogP contribution in [0.3, 0.4) is 0 Å². The molecule has 0 rings (SSSR count). The molecule has 0 aliphatic carbocycles. The van der Waals surface area contributed by atoms with Crippen LogP contribution in [0.5, 0.6) is 0 Å². The average Bonchev–Trinajstić information content (AvgIpc) is 2.04. The van der Waals surface area contributed by atoms with E-state index in [-0.39, 0.29) is 0 Å². The van der Waals surface area contributed by atoms with Gasteiger partial charge in [-0.2, -0.15) is 0 Å². The lowest BCUT2D eigenvalue weighted by Gasteiger charge is -2.17. The number of hydrogen-bond donors (Lipinski definition) is 0. The summed E-state index contributed by atoms with van der Waals surface area (Å²) in [5.41, 5.74) is 0. The minimum atomic E-state index is 0.783. The van der Waals surface area contributed by atoms with Gasteiger partial charge in [-0.25, -0.2) is 0 Å². The Bertz CT molecular complexity index is 93.8. The maximum atomic E-state index is 5.29. The molecule has 0 radical (unpaired) electrons. The van der Waals surface area contributed by atoms with Crippen molar-refractivity contribution in [2.24, 2.45) is 11.8 Å². The molecule has 12 heavy (non-hydrogen) atoms. The maximum absolute atomic E-state index is 5.29. The fourth-order valence-electron chi connectivity index (χ4n) is 1.18. The standard InChI is InChI=1S/C10H21BrO/c1-4-12-7-5-6-10(8-11)9(2)3/h9-10H,4-8H2,1-3H3. The Balaban J connectivity index is 3.32. The second kappa shape index (κ2) is 8.06. The van der Waals surface area contributed by atoms with Gasteiger partial charge in [0, 0.05) is 18.5 Å². The second-order valence-electron chi connectivity index (χ2n) is 3.50. The summed E-state index contributed by atoms with van der Waals surface area (Å²) in [4.78, 5) is 0. The zero-order chi connectivity index (χ0) is 9.40. The summed E-state index contributed by atoms with van der Waals surface area (Å²) in [5.74, 6) is 1.59. The first kappa shape index (κ1) is 12.4. The fraction of sp³-hybridized carbons (Fsp3) is 1.00. The highest BCUT2D eigenvalue weighted by Gasteiger charge is 2.10. The van der Waals surface area contributed by atoms with Gasteiger partial charge in [0.1, 0.15) is 0 Å². The number of alkyl halides is 1. The molecule has 1 atom stereocenters. The quantitative estimate of drug-likeness (QED) is 0.486. The molecule has 0 aliphatic heterocycles. The van der Waals surface area contributed by atoms with Crippen LogP contribution >= 0.6 is 15.9 Å². The van der Waals surface area contributed by atoms with Gasteiger partial charge in [0.25, 0.3) is 0 Å². The van der Waals surface area contributed by atoms with Crippen LogP contribution in [0.15, 0.2) is 0 Å². The van der Waals surface area contributed by atoms with Crippen molar-refractivity contribution in [1.29, 1.82) is 0 Å². The lowest BCUT2D eigenvalue weighted by atomic mass is 9.93.